The summed E-state index contributed by atoms with van der Waals surface area (Å²) in [6, 6.07) is 11.2. The van der Waals surface area contributed by atoms with Gasteiger partial charge in [0.1, 0.15) is 24.0 Å². The van der Waals surface area contributed by atoms with Crippen molar-refractivity contribution < 1.29 is 18.3 Å². The third kappa shape index (κ3) is 8.58. The fourth-order valence-electron chi connectivity index (χ4n) is 3.13. The fourth-order valence-corrected chi connectivity index (χ4v) is 3.13. The van der Waals surface area contributed by atoms with Crippen LogP contribution in [0.2, 0.25) is 0 Å². The molecule has 9 heteroatoms. The normalized spacial score (nSPS) is 14.6. The number of hydrogen-bond donors (Lipinski definition) is 2. The molecule has 2 N–H and O–H groups in total. The summed E-state index contributed by atoms with van der Waals surface area (Å²) in [5, 5.41) is 6.16. The molecule has 31 heavy (non-hydrogen) atoms. The molecule has 2 aromatic rings. The molecule has 1 saturated heterocycles. The Morgan fingerprint density at radius 1 is 1.10 bits per heavy atom. The predicted molar refractivity (Wildman–Crippen MR) is 128 cm³/mol. The molecular weight excluding hydrogens is 517 g/mol. The van der Waals surface area contributed by atoms with Crippen molar-refractivity contribution in [1.82, 2.24) is 15.5 Å². The van der Waals surface area contributed by atoms with Crippen LogP contribution in [-0.2, 0) is 17.8 Å². The van der Waals surface area contributed by atoms with Crippen LogP contribution in [0.1, 0.15) is 11.1 Å². The lowest BCUT2D eigenvalue weighted by Crippen LogP contribution is -2.38. The van der Waals surface area contributed by atoms with Gasteiger partial charge in [-0.2, -0.15) is 0 Å². The summed E-state index contributed by atoms with van der Waals surface area (Å²) in [5.74, 6) is 0.382. The quantitative estimate of drug-likeness (QED) is 0.303. The number of hydrogen-bond acceptors (Lipinski definition) is 4. The second-order valence-electron chi connectivity index (χ2n) is 6.96. The highest BCUT2D eigenvalue weighted by Crippen LogP contribution is 2.13. The Kier molecular flexibility index (Phi) is 11.0. The van der Waals surface area contributed by atoms with Crippen LogP contribution in [-0.4, -0.2) is 57.4 Å². The maximum atomic E-state index is 13.7. The molecule has 2 aromatic carbocycles. The van der Waals surface area contributed by atoms with Crippen molar-refractivity contribution in [2.45, 2.75) is 13.1 Å². The summed E-state index contributed by atoms with van der Waals surface area (Å²) >= 11 is 0. The molecule has 1 fully saturated rings. The molecule has 1 aliphatic rings. The maximum absolute atomic E-state index is 13.7. The second kappa shape index (κ2) is 13.4. The lowest BCUT2D eigenvalue weighted by molar-refractivity contribution is 0.0322. The molecule has 0 radical (unpaired) electrons. The number of ether oxygens (including phenoxy) is 2. The molecule has 0 aromatic heterocycles. The topological polar surface area (TPSA) is 58.1 Å². The maximum Gasteiger partial charge on any atom is 0.191 e. The van der Waals surface area contributed by atoms with Crippen LogP contribution in [0.15, 0.2) is 47.5 Å². The molecule has 170 valence electrons. The minimum atomic E-state index is -0.471. The first kappa shape index (κ1) is 25.3. The van der Waals surface area contributed by atoms with E-state index in [2.05, 4.69) is 20.5 Å². The zero-order chi connectivity index (χ0) is 21.2. The van der Waals surface area contributed by atoms with E-state index in [1.807, 2.05) is 24.3 Å². The molecule has 0 saturated carbocycles. The lowest BCUT2D eigenvalue weighted by atomic mass is 10.2. The zero-order valence-corrected chi connectivity index (χ0v) is 19.9. The minimum absolute atomic E-state index is 0. The molecule has 0 amide bonds. The first-order valence-electron chi connectivity index (χ1n) is 10.0. The Hall–Kier alpha value is -1.98. The molecule has 3 rings (SSSR count). The van der Waals surface area contributed by atoms with Gasteiger partial charge in [0.2, 0.25) is 0 Å². The molecule has 0 unspecified atom stereocenters. The summed E-state index contributed by atoms with van der Waals surface area (Å²) in [4.78, 5) is 6.45. The van der Waals surface area contributed by atoms with Crippen LogP contribution in [0, 0.1) is 11.6 Å². The summed E-state index contributed by atoms with van der Waals surface area (Å²) in [7, 11) is 1.63. The van der Waals surface area contributed by atoms with Crippen LogP contribution in [0.5, 0.6) is 5.75 Å². The highest BCUT2D eigenvalue weighted by molar-refractivity contribution is 14.0. The van der Waals surface area contributed by atoms with Gasteiger partial charge in [-0.15, -0.1) is 24.0 Å². The van der Waals surface area contributed by atoms with E-state index in [0.717, 1.165) is 56.3 Å². The highest BCUT2D eigenvalue weighted by atomic mass is 127. The molecule has 0 spiro atoms. The number of guanidine groups is 1. The van der Waals surface area contributed by atoms with Gasteiger partial charge in [-0.1, -0.05) is 12.1 Å². The van der Waals surface area contributed by atoms with Crippen molar-refractivity contribution in [3.8, 4) is 5.75 Å². The van der Waals surface area contributed by atoms with Gasteiger partial charge in [0.25, 0.3) is 0 Å². The highest BCUT2D eigenvalue weighted by Gasteiger charge is 2.10. The number of nitrogens with zero attached hydrogens (tertiary/aromatic N) is 2. The SMILES string of the molecule is CN=C(NCc1cccc(OCCN2CCOCC2)c1)NCc1cc(F)ccc1F.I. The monoisotopic (exact) mass is 546 g/mol. The lowest BCUT2D eigenvalue weighted by Gasteiger charge is -2.26. The van der Waals surface area contributed by atoms with Gasteiger partial charge >= 0.3 is 0 Å². The largest absolute Gasteiger partial charge is 0.492 e. The number of morpholine rings is 1. The van der Waals surface area contributed by atoms with Crippen molar-refractivity contribution in [2.24, 2.45) is 4.99 Å². The van der Waals surface area contributed by atoms with Crippen molar-refractivity contribution in [2.75, 3.05) is 46.5 Å². The fraction of sp³-hybridized carbons (Fsp3) is 0.409. The van der Waals surface area contributed by atoms with Crippen LogP contribution >= 0.6 is 24.0 Å². The van der Waals surface area contributed by atoms with Crippen LogP contribution in [0.25, 0.3) is 0 Å². The van der Waals surface area contributed by atoms with E-state index in [0.29, 0.717) is 19.1 Å². The predicted octanol–water partition coefficient (Wildman–Crippen LogP) is 3.16. The molecule has 0 aliphatic carbocycles. The van der Waals surface area contributed by atoms with E-state index in [4.69, 9.17) is 9.47 Å². The van der Waals surface area contributed by atoms with Crippen LogP contribution < -0.4 is 15.4 Å². The Bertz CT molecular complexity index is 848. The average molecular weight is 546 g/mol. The standard InChI is InChI=1S/C22H28F2N4O2.HI/c1-25-22(27-16-18-14-19(23)5-6-21(18)24)26-15-17-3-2-4-20(13-17)30-12-9-28-7-10-29-11-8-28;/h2-6,13-14H,7-12,15-16H2,1H3,(H2,25,26,27);1H. The first-order chi connectivity index (χ1) is 14.6. The third-order valence-corrected chi connectivity index (χ3v) is 4.82. The van der Waals surface area contributed by atoms with Gasteiger partial charge in [-0.3, -0.25) is 9.89 Å². The van der Waals surface area contributed by atoms with Crippen molar-refractivity contribution >= 4 is 29.9 Å². The molecule has 0 bridgehead atoms. The van der Waals surface area contributed by atoms with Gasteiger partial charge < -0.3 is 20.1 Å². The first-order valence-corrected chi connectivity index (χ1v) is 10.0. The molecule has 0 atom stereocenters. The van der Waals surface area contributed by atoms with E-state index in [9.17, 15) is 8.78 Å². The molecule has 6 nitrogen and oxygen atoms in total. The molecule has 1 aliphatic heterocycles. The van der Waals surface area contributed by atoms with Gasteiger partial charge in [0.15, 0.2) is 5.96 Å². The van der Waals surface area contributed by atoms with Crippen LogP contribution in [0.3, 0.4) is 0 Å². The van der Waals surface area contributed by atoms with Crippen molar-refractivity contribution in [3.63, 3.8) is 0 Å². The van der Waals surface area contributed by atoms with E-state index in [1.54, 1.807) is 7.05 Å². The van der Waals surface area contributed by atoms with Crippen molar-refractivity contribution in [3.05, 3.63) is 65.2 Å². The van der Waals surface area contributed by atoms with Gasteiger partial charge in [-0.25, -0.2) is 8.78 Å². The van der Waals surface area contributed by atoms with Gasteiger partial charge in [0, 0.05) is 45.3 Å². The summed E-state index contributed by atoms with van der Waals surface area (Å²) < 4.78 is 38.3. The summed E-state index contributed by atoms with van der Waals surface area (Å²) in [5.41, 5.74) is 1.27. The number of aliphatic imine (C=N–C) groups is 1. The van der Waals surface area contributed by atoms with Gasteiger partial charge in [0.05, 0.1) is 13.2 Å². The smallest absolute Gasteiger partial charge is 0.191 e. The Morgan fingerprint density at radius 2 is 1.87 bits per heavy atom. The second-order valence-corrected chi connectivity index (χ2v) is 6.96. The average Bonchev–Trinajstić information content (AvgIpc) is 2.77. The van der Waals surface area contributed by atoms with E-state index < -0.39 is 11.6 Å². The Morgan fingerprint density at radius 3 is 2.65 bits per heavy atom. The number of nitrogens with one attached hydrogen (secondary N) is 2. The van der Waals surface area contributed by atoms with Crippen LogP contribution in [0.4, 0.5) is 8.78 Å². The van der Waals surface area contributed by atoms with Gasteiger partial charge in [-0.05, 0) is 35.9 Å². The van der Waals surface area contributed by atoms with E-state index in [-0.39, 0.29) is 36.1 Å². The van der Waals surface area contributed by atoms with Crippen molar-refractivity contribution in [1.29, 1.82) is 0 Å². The summed E-state index contributed by atoms with van der Waals surface area (Å²) in [6.07, 6.45) is 0. The Labute approximate surface area is 199 Å². The van der Waals surface area contributed by atoms with E-state index >= 15 is 0 Å². The summed E-state index contributed by atoms with van der Waals surface area (Å²) in [6.45, 7) is 5.60. The van der Waals surface area contributed by atoms with E-state index in [1.165, 1.54) is 6.07 Å². The minimum Gasteiger partial charge on any atom is -0.492 e. The number of benzene rings is 2. The third-order valence-electron chi connectivity index (χ3n) is 4.82. The molecule has 1 heterocycles. The number of halogens is 3. The Balaban J connectivity index is 0.00000341. The molecular formula is C22H29F2IN4O2. The zero-order valence-electron chi connectivity index (χ0n) is 17.6. The number of rotatable bonds is 8.